The molecule has 0 unspecified atom stereocenters. The molecule has 0 radical (unpaired) electrons. The van der Waals surface area contributed by atoms with Gasteiger partial charge in [0.15, 0.2) is 0 Å². The summed E-state index contributed by atoms with van der Waals surface area (Å²) in [6, 6.07) is 9.68. The predicted octanol–water partition coefficient (Wildman–Crippen LogP) is 4.50. The summed E-state index contributed by atoms with van der Waals surface area (Å²) in [6.45, 7) is 0. The average molecular weight is 218 g/mol. The fourth-order valence-electron chi connectivity index (χ4n) is 0.557. The fraction of sp³-hybridized carbons (Fsp3) is 0.538. The van der Waals surface area contributed by atoms with Crippen LogP contribution in [0.1, 0.15) is 29.7 Å². The Morgan fingerprint density at radius 1 is 0.733 bits per heavy atom. The van der Waals surface area contributed by atoms with E-state index in [-0.39, 0.29) is 29.7 Å². The largest absolute Gasteiger partial charge is 0.497 e. The number of para-hydroxylation sites is 1. The minimum absolute atomic E-state index is 0. The van der Waals surface area contributed by atoms with Crippen molar-refractivity contribution in [1.29, 1.82) is 0 Å². The SMILES string of the molecule is C.C.C.C.COC.COc1ccccc1. The zero-order valence-corrected chi connectivity index (χ0v) is 7.20. The van der Waals surface area contributed by atoms with Crippen molar-refractivity contribution in [2.24, 2.45) is 0 Å². The maximum absolute atomic E-state index is 4.91. The van der Waals surface area contributed by atoms with Crippen LogP contribution in [0.15, 0.2) is 30.3 Å². The summed E-state index contributed by atoms with van der Waals surface area (Å²) >= 11 is 0. The zero-order chi connectivity index (χ0) is 8.53. The molecule has 0 saturated carbocycles. The van der Waals surface area contributed by atoms with E-state index in [1.165, 1.54) is 0 Å². The molecule has 1 aromatic carbocycles. The molecule has 0 bridgehead atoms. The van der Waals surface area contributed by atoms with Gasteiger partial charge in [0.05, 0.1) is 7.11 Å². The molecule has 0 aliphatic carbocycles. The first-order chi connectivity index (χ1) is 5.35. The van der Waals surface area contributed by atoms with Gasteiger partial charge in [-0.2, -0.15) is 0 Å². The number of ether oxygens (including phenoxy) is 2. The lowest BCUT2D eigenvalue weighted by Crippen LogP contribution is -1.78. The first-order valence-electron chi connectivity index (χ1n) is 3.34. The Morgan fingerprint density at radius 3 is 1.27 bits per heavy atom. The minimum atomic E-state index is 0. The third kappa shape index (κ3) is 19.4. The molecule has 0 atom stereocenters. The summed E-state index contributed by atoms with van der Waals surface area (Å²) in [5.74, 6) is 0.910. The van der Waals surface area contributed by atoms with Crippen LogP contribution in [-0.2, 0) is 4.74 Å². The van der Waals surface area contributed by atoms with Gasteiger partial charge in [-0.25, -0.2) is 0 Å². The number of rotatable bonds is 1. The van der Waals surface area contributed by atoms with Crippen LogP contribution in [0.3, 0.4) is 0 Å². The molecule has 0 saturated heterocycles. The van der Waals surface area contributed by atoms with Gasteiger partial charge in [0.2, 0.25) is 0 Å². The van der Waals surface area contributed by atoms with E-state index in [1.807, 2.05) is 30.3 Å². The van der Waals surface area contributed by atoms with Gasteiger partial charge in [-0.15, -0.1) is 0 Å². The Balaban J connectivity index is -0.0000000437. The van der Waals surface area contributed by atoms with Crippen LogP contribution >= 0.6 is 0 Å². The maximum atomic E-state index is 4.91. The van der Waals surface area contributed by atoms with E-state index in [0.29, 0.717) is 0 Å². The van der Waals surface area contributed by atoms with Gasteiger partial charge in [-0.05, 0) is 12.1 Å². The standard InChI is InChI=1S/C7H8O.C2H6O.4CH4/c1-8-7-5-3-2-4-6-7;1-3-2;;;;/h2-6H,1H3;1-2H3;4*1H4. The van der Waals surface area contributed by atoms with Crippen molar-refractivity contribution in [2.75, 3.05) is 21.3 Å². The highest BCUT2D eigenvalue weighted by atomic mass is 16.5. The molecule has 1 aromatic rings. The van der Waals surface area contributed by atoms with Gasteiger partial charge < -0.3 is 9.47 Å². The van der Waals surface area contributed by atoms with Crippen LogP contribution < -0.4 is 4.74 Å². The third-order valence-corrected chi connectivity index (χ3v) is 0.979. The van der Waals surface area contributed by atoms with Crippen LogP contribution in [0, 0.1) is 0 Å². The Hall–Kier alpha value is -1.02. The molecule has 94 valence electrons. The highest BCUT2D eigenvalue weighted by Crippen LogP contribution is 2.05. The van der Waals surface area contributed by atoms with Crippen LogP contribution in [-0.4, -0.2) is 21.3 Å². The predicted molar refractivity (Wildman–Crippen MR) is 72.9 cm³/mol. The summed E-state index contributed by atoms with van der Waals surface area (Å²) in [5, 5.41) is 0. The van der Waals surface area contributed by atoms with Crippen LogP contribution in [0.4, 0.5) is 0 Å². The molecule has 0 N–H and O–H groups in total. The van der Waals surface area contributed by atoms with Gasteiger partial charge in [-0.1, -0.05) is 47.9 Å². The Morgan fingerprint density at radius 2 is 1.07 bits per heavy atom. The van der Waals surface area contributed by atoms with Crippen molar-refractivity contribution < 1.29 is 9.47 Å². The molecule has 0 heterocycles. The molecule has 1 rings (SSSR count). The first-order valence-corrected chi connectivity index (χ1v) is 3.34. The minimum Gasteiger partial charge on any atom is -0.497 e. The van der Waals surface area contributed by atoms with Crippen molar-refractivity contribution in [3.8, 4) is 5.75 Å². The summed E-state index contributed by atoms with van der Waals surface area (Å²) in [4.78, 5) is 0. The number of hydrogen-bond donors (Lipinski definition) is 0. The topological polar surface area (TPSA) is 18.5 Å². The van der Waals surface area contributed by atoms with E-state index in [2.05, 4.69) is 4.74 Å². The van der Waals surface area contributed by atoms with Crippen molar-refractivity contribution in [2.45, 2.75) is 29.7 Å². The van der Waals surface area contributed by atoms with E-state index in [1.54, 1.807) is 21.3 Å². The number of methoxy groups -OCH3 is 2. The Bertz CT molecular complexity index is 161. The quantitative estimate of drug-likeness (QED) is 0.691. The van der Waals surface area contributed by atoms with E-state index in [0.717, 1.165) is 5.75 Å². The molecule has 0 spiro atoms. The molecule has 2 heteroatoms. The maximum Gasteiger partial charge on any atom is 0.118 e. The van der Waals surface area contributed by atoms with Crippen LogP contribution in [0.5, 0.6) is 5.75 Å². The first kappa shape index (κ1) is 29.2. The van der Waals surface area contributed by atoms with Crippen molar-refractivity contribution >= 4 is 0 Å². The monoisotopic (exact) mass is 218 g/mol. The molecule has 0 aromatic heterocycles. The summed E-state index contributed by atoms with van der Waals surface area (Å²) in [6.07, 6.45) is 0. The number of benzene rings is 1. The molecular formula is C13H30O2. The van der Waals surface area contributed by atoms with E-state index in [9.17, 15) is 0 Å². The molecule has 2 nitrogen and oxygen atoms in total. The van der Waals surface area contributed by atoms with Crippen molar-refractivity contribution in [1.82, 2.24) is 0 Å². The Kier molecular flexibility index (Phi) is 45.0. The second kappa shape index (κ2) is 23.1. The molecular weight excluding hydrogens is 188 g/mol. The number of hydrogen-bond acceptors (Lipinski definition) is 2. The Labute approximate surface area is 97.2 Å². The van der Waals surface area contributed by atoms with Crippen molar-refractivity contribution in [3.63, 3.8) is 0 Å². The lowest BCUT2D eigenvalue weighted by Gasteiger charge is -1.93. The second-order valence-electron chi connectivity index (χ2n) is 1.93. The van der Waals surface area contributed by atoms with E-state index >= 15 is 0 Å². The van der Waals surface area contributed by atoms with Gasteiger partial charge >= 0.3 is 0 Å². The van der Waals surface area contributed by atoms with Gasteiger partial charge in [0.25, 0.3) is 0 Å². The van der Waals surface area contributed by atoms with Gasteiger partial charge in [0, 0.05) is 14.2 Å². The van der Waals surface area contributed by atoms with E-state index in [4.69, 9.17) is 4.74 Å². The fourth-order valence-corrected chi connectivity index (χ4v) is 0.557. The second-order valence-corrected chi connectivity index (χ2v) is 1.93. The summed E-state index contributed by atoms with van der Waals surface area (Å²) < 4.78 is 9.16. The lowest BCUT2D eigenvalue weighted by molar-refractivity contribution is 0.277. The van der Waals surface area contributed by atoms with Gasteiger partial charge in [0.1, 0.15) is 5.75 Å². The van der Waals surface area contributed by atoms with Gasteiger partial charge in [-0.3, -0.25) is 0 Å². The lowest BCUT2D eigenvalue weighted by atomic mass is 10.3. The normalized spacial score (nSPS) is 5.80. The van der Waals surface area contributed by atoms with Crippen LogP contribution in [0.25, 0.3) is 0 Å². The smallest absolute Gasteiger partial charge is 0.118 e. The molecule has 0 aliphatic heterocycles. The van der Waals surface area contributed by atoms with E-state index < -0.39 is 0 Å². The summed E-state index contributed by atoms with van der Waals surface area (Å²) in [5.41, 5.74) is 0. The summed E-state index contributed by atoms with van der Waals surface area (Å²) in [7, 11) is 4.91. The van der Waals surface area contributed by atoms with Crippen LogP contribution in [0.2, 0.25) is 0 Å². The molecule has 0 amide bonds. The molecule has 0 fully saturated rings. The van der Waals surface area contributed by atoms with Crippen molar-refractivity contribution in [3.05, 3.63) is 30.3 Å². The zero-order valence-electron chi connectivity index (χ0n) is 7.20. The highest BCUT2D eigenvalue weighted by molar-refractivity contribution is 5.20. The highest BCUT2D eigenvalue weighted by Gasteiger charge is 1.80. The molecule has 0 aliphatic rings. The molecule has 15 heavy (non-hydrogen) atoms. The average Bonchev–Trinajstić information content (AvgIpc) is 2.08. The third-order valence-electron chi connectivity index (χ3n) is 0.979.